The molecular formula is C22H28N4O3. The highest BCUT2D eigenvalue weighted by Crippen LogP contribution is 2.14. The van der Waals surface area contributed by atoms with Gasteiger partial charge in [-0.05, 0) is 62.4 Å². The van der Waals surface area contributed by atoms with Gasteiger partial charge in [0.1, 0.15) is 0 Å². The third-order valence-corrected chi connectivity index (χ3v) is 4.41. The van der Waals surface area contributed by atoms with E-state index in [1.807, 2.05) is 13.8 Å². The van der Waals surface area contributed by atoms with Crippen molar-refractivity contribution >= 4 is 34.8 Å². The number of hydrogen-bond donors (Lipinski definition) is 3. The molecule has 0 aliphatic rings. The van der Waals surface area contributed by atoms with Crippen LogP contribution in [0.4, 0.5) is 17.1 Å². The van der Waals surface area contributed by atoms with E-state index >= 15 is 0 Å². The molecule has 0 aliphatic heterocycles. The van der Waals surface area contributed by atoms with Gasteiger partial charge in [-0.2, -0.15) is 0 Å². The smallest absolute Gasteiger partial charge is 0.253 e. The van der Waals surface area contributed by atoms with Crippen molar-refractivity contribution in [1.29, 1.82) is 0 Å². The van der Waals surface area contributed by atoms with Crippen molar-refractivity contribution in [2.45, 2.75) is 27.2 Å². The van der Waals surface area contributed by atoms with Crippen LogP contribution >= 0.6 is 0 Å². The number of carbonyl (C=O) groups is 3. The van der Waals surface area contributed by atoms with E-state index in [1.54, 1.807) is 60.4 Å². The molecule has 0 saturated heterocycles. The Kier molecular flexibility index (Phi) is 8.21. The minimum atomic E-state index is -0.196. The van der Waals surface area contributed by atoms with Crippen LogP contribution in [0.15, 0.2) is 48.5 Å². The van der Waals surface area contributed by atoms with Gasteiger partial charge in [0.2, 0.25) is 11.8 Å². The number of nitrogens with one attached hydrogen (secondary N) is 3. The van der Waals surface area contributed by atoms with Crippen molar-refractivity contribution in [3.05, 3.63) is 54.1 Å². The standard InChI is InChI=1S/C22H28N4O3/c1-4-20(27)24-18-11-13-19(14-12-18)25-21(28)15-23-17-9-7-16(8-10-17)22(29)26(5-2)6-3/h7-14,23H,4-6,15H2,1-3H3,(H,24,27)(H,25,28). The Labute approximate surface area is 171 Å². The van der Waals surface area contributed by atoms with Crippen LogP contribution in [-0.2, 0) is 9.59 Å². The van der Waals surface area contributed by atoms with E-state index in [9.17, 15) is 14.4 Å². The second kappa shape index (κ2) is 10.8. The largest absolute Gasteiger partial charge is 0.376 e. The van der Waals surface area contributed by atoms with Crippen LogP contribution in [0.5, 0.6) is 0 Å². The van der Waals surface area contributed by atoms with Crippen LogP contribution < -0.4 is 16.0 Å². The lowest BCUT2D eigenvalue weighted by Gasteiger charge is -2.18. The maximum atomic E-state index is 12.3. The molecule has 0 radical (unpaired) electrons. The van der Waals surface area contributed by atoms with Gasteiger partial charge >= 0.3 is 0 Å². The van der Waals surface area contributed by atoms with Crippen LogP contribution in [0.1, 0.15) is 37.6 Å². The van der Waals surface area contributed by atoms with Crippen molar-refractivity contribution in [2.75, 3.05) is 35.6 Å². The molecule has 0 saturated carbocycles. The number of hydrogen-bond acceptors (Lipinski definition) is 4. The Balaban J connectivity index is 1.84. The Morgan fingerprint density at radius 1 is 0.724 bits per heavy atom. The van der Waals surface area contributed by atoms with Crippen molar-refractivity contribution in [2.24, 2.45) is 0 Å². The van der Waals surface area contributed by atoms with Gasteiger partial charge in [0.05, 0.1) is 6.54 Å². The molecule has 154 valence electrons. The van der Waals surface area contributed by atoms with E-state index in [4.69, 9.17) is 0 Å². The minimum Gasteiger partial charge on any atom is -0.376 e. The average Bonchev–Trinajstić information content (AvgIpc) is 2.74. The zero-order valence-electron chi connectivity index (χ0n) is 17.1. The molecule has 3 N–H and O–H groups in total. The molecule has 0 aliphatic carbocycles. The SMILES string of the molecule is CCC(=O)Nc1ccc(NC(=O)CNc2ccc(C(=O)N(CC)CC)cc2)cc1. The van der Waals surface area contributed by atoms with Crippen LogP contribution in [0.2, 0.25) is 0 Å². The molecule has 0 spiro atoms. The van der Waals surface area contributed by atoms with E-state index in [0.29, 0.717) is 36.4 Å². The average molecular weight is 396 g/mol. The highest BCUT2D eigenvalue weighted by atomic mass is 16.2. The fraction of sp³-hybridized carbons (Fsp3) is 0.318. The highest BCUT2D eigenvalue weighted by molar-refractivity contribution is 5.96. The fourth-order valence-corrected chi connectivity index (χ4v) is 2.70. The lowest BCUT2D eigenvalue weighted by Crippen LogP contribution is -2.30. The minimum absolute atomic E-state index is 0.00198. The summed E-state index contributed by atoms with van der Waals surface area (Å²) in [7, 11) is 0. The van der Waals surface area contributed by atoms with E-state index in [0.717, 1.165) is 5.69 Å². The predicted molar refractivity (Wildman–Crippen MR) is 116 cm³/mol. The number of benzene rings is 2. The molecule has 2 rings (SSSR count). The van der Waals surface area contributed by atoms with Gasteiger partial charge in [0.25, 0.3) is 5.91 Å². The molecule has 7 nitrogen and oxygen atoms in total. The Morgan fingerprint density at radius 2 is 1.21 bits per heavy atom. The zero-order valence-corrected chi connectivity index (χ0v) is 17.1. The Bertz CT molecular complexity index is 828. The molecule has 7 heteroatoms. The summed E-state index contributed by atoms with van der Waals surface area (Å²) in [5.41, 5.74) is 2.71. The van der Waals surface area contributed by atoms with Crippen LogP contribution in [0.25, 0.3) is 0 Å². The predicted octanol–water partition coefficient (Wildman–Crippen LogP) is 3.57. The van der Waals surface area contributed by atoms with Gasteiger partial charge in [0.15, 0.2) is 0 Å². The lowest BCUT2D eigenvalue weighted by atomic mass is 10.1. The first-order valence-corrected chi connectivity index (χ1v) is 9.79. The summed E-state index contributed by atoms with van der Waals surface area (Å²) in [6, 6.07) is 14.0. The second-order valence-corrected chi connectivity index (χ2v) is 6.44. The molecule has 0 aromatic heterocycles. The summed E-state index contributed by atoms with van der Waals surface area (Å²) in [5.74, 6) is -0.257. The number of nitrogens with zero attached hydrogens (tertiary/aromatic N) is 1. The van der Waals surface area contributed by atoms with Crippen molar-refractivity contribution in [3.63, 3.8) is 0 Å². The number of carbonyl (C=O) groups excluding carboxylic acids is 3. The number of amides is 3. The third kappa shape index (κ3) is 6.64. The van der Waals surface area contributed by atoms with E-state index in [2.05, 4.69) is 16.0 Å². The maximum absolute atomic E-state index is 12.3. The molecule has 3 amide bonds. The molecule has 2 aromatic rings. The van der Waals surface area contributed by atoms with E-state index < -0.39 is 0 Å². The van der Waals surface area contributed by atoms with Gasteiger partial charge in [-0.3, -0.25) is 14.4 Å². The first-order valence-electron chi connectivity index (χ1n) is 9.79. The van der Waals surface area contributed by atoms with Crippen molar-refractivity contribution < 1.29 is 14.4 Å². The molecule has 0 heterocycles. The monoisotopic (exact) mass is 396 g/mol. The molecule has 0 bridgehead atoms. The van der Waals surface area contributed by atoms with Gasteiger partial charge < -0.3 is 20.9 Å². The summed E-state index contributed by atoms with van der Waals surface area (Å²) >= 11 is 0. The topological polar surface area (TPSA) is 90.5 Å². The van der Waals surface area contributed by atoms with Gasteiger partial charge in [0, 0.05) is 42.1 Å². The first-order chi connectivity index (χ1) is 14.0. The first kappa shape index (κ1) is 21.9. The molecule has 0 unspecified atom stereocenters. The van der Waals surface area contributed by atoms with Gasteiger partial charge in [-0.1, -0.05) is 6.92 Å². The van der Waals surface area contributed by atoms with Gasteiger partial charge in [-0.15, -0.1) is 0 Å². The quantitative estimate of drug-likeness (QED) is 0.604. The van der Waals surface area contributed by atoms with Crippen LogP contribution in [-0.4, -0.2) is 42.3 Å². The molecule has 29 heavy (non-hydrogen) atoms. The summed E-state index contributed by atoms with van der Waals surface area (Å²) in [6.45, 7) is 7.11. The number of anilines is 3. The van der Waals surface area contributed by atoms with Crippen molar-refractivity contribution in [3.8, 4) is 0 Å². The zero-order chi connectivity index (χ0) is 21.2. The second-order valence-electron chi connectivity index (χ2n) is 6.44. The normalized spacial score (nSPS) is 10.2. The summed E-state index contributed by atoms with van der Waals surface area (Å²) in [5, 5.41) is 8.59. The fourth-order valence-electron chi connectivity index (χ4n) is 2.70. The summed E-state index contributed by atoms with van der Waals surface area (Å²) < 4.78 is 0. The molecular weight excluding hydrogens is 368 g/mol. The molecule has 0 fully saturated rings. The van der Waals surface area contributed by atoms with E-state index in [1.165, 1.54) is 0 Å². The number of rotatable bonds is 9. The highest BCUT2D eigenvalue weighted by Gasteiger charge is 2.12. The summed E-state index contributed by atoms with van der Waals surface area (Å²) in [6.07, 6.45) is 0.411. The lowest BCUT2D eigenvalue weighted by molar-refractivity contribution is -0.116. The maximum Gasteiger partial charge on any atom is 0.253 e. The Morgan fingerprint density at radius 3 is 1.69 bits per heavy atom. The molecule has 0 atom stereocenters. The molecule has 2 aromatic carbocycles. The van der Waals surface area contributed by atoms with Crippen LogP contribution in [0.3, 0.4) is 0 Å². The third-order valence-electron chi connectivity index (χ3n) is 4.41. The Hall–Kier alpha value is -3.35. The van der Waals surface area contributed by atoms with Crippen molar-refractivity contribution in [1.82, 2.24) is 4.90 Å². The van der Waals surface area contributed by atoms with E-state index in [-0.39, 0.29) is 24.3 Å². The van der Waals surface area contributed by atoms with Gasteiger partial charge in [-0.25, -0.2) is 0 Å². The summed E-state index contributed by atoms with van der Waals surface area (Å²) in [4.78, 5) is 37.6. The van der Waals surface area contributed by atoms with Crippen LogP contribution in [0, 0.1) is 0 Å².